The van der Waals surface area contributed by atoms with Gasteiger partial charge in [0.05, 0.1) is 28.9 Å². The van der Waals surface area contributed by atoms with Gasteiger partial charge in [0.2, 0.25) is 5.91 Å². The maximum atomic E-state index is 13.7. The predicted molar refractivity (Wildman–Crippen MR) is 119 cm³/mol. The van der Waals surface area contributed by atoms with Crippen LogP contribution in [0.4, 0.5) is 50.5 Å². The van der Waals surface area contributed by atoms with Crippen LogP contribution >= 0.6 is 0 Å². The summed E-state index contributed by atoms with van der Waals surface area (Å²) < 4.78 is 67.7. The van der Waals surface area contributed by atoms with E-state index in [4.69, 9.17) is 5.73 Å². The third kappa shape index (κ3) is 5.00. The van der Waals surface area contributed by atoms with Crippen molar-refractivity contribution >= 4 is 40.4 Å². The summed E-state index contributed by atoms with van der Waals surface area (Å²) in [4.78, 5) is 27.2. The van der Waals surface area contributed by atoms with Crippen LogP contribution in [0, 0.1) is 0 Å². The highest BCUT2D eigenvalue weighted by Gasteiger charge is 2.35. The van der Waals surface area contributed by atoms with Crippen molar-refractivity contribution in [1.29, 1.82) is 0 Å². The number of benzene rings is 2. The number of fused-ring (bicyclic) bond motifs is 1. The zero-order valence-corrected chi connectivity index (χ0v) is 17.9. The van der Waals surface area contributed by atoms with E-state index in [9.17, 15) is 31.5 Å². The standard InChI is InChI=1S/C23H18F5N5O2/c24-8-12-4-15(22(29)35)18(5-13(12)9-25)32-19-7-20(30-10-16(19)23(26,27)28)31-14-1-2-17-11(3-14)6-21(34)33-17/h1-5,7,10H,6,8-9H2,(H2,29,35)(H,33,34)(H2,30,31,32). The van der Waals surface area contributed by atoms with Crippen LogP contribution in [0.25, 0.3) is 0 Å². The first-order valence-corrected chi connectivity index (χ1v) is 10.2. The van der Waals surface area contributed by atoms with Gasteiger partial charge in [-0.2, -0.15) is 13.2 Å². The first kappa shape index (κ1) is 23.9. The van der Waals surface area contributed by atoms with Crippen molar-refractivity contribution in [2.24, 2.45) is 5.73 Å². The van der Waals surface area contributed by atoms with Crippen LogP contribution in [0.5, 0.6) is 0 Å². The summed E-state index contributed by atoms with van der Waals surface area (Å²) in [6, 6.07) is 8.04. The van der Waals surface area contributed by atoms with Gasteiger partial charge in [0.15, 0.2) is 0 Å². The molecule has 0 radical (unpaired) electrons. The molecular weight excluding hydrogens is 473 g/mol. The lowest BCUT2D eigenvalue weighted by molar-refractivity contribution is -0.137. The van der Waals surface area contributed by atoms with E-state index in [1.165, 1.54) is 0 Å². The smallest absolute Gasteiger partial charge is 0.366 e. The fraction of sp³-hybridized carbons (Fsp3) is 0.174. The number of aromatic nitrogens is 1. The van der Waals surface area contributed by atoms with E-state index in [2.05, 4.69) is 20.9 Å². The number of anilines is 5. The third-order valence-corrected chi connectivity index (χ3v) is 5.37. The second-order valence-electron chi connectivity index (χ2n) is 7.76. The van der Waals surface area contributed by atoms with Gasteiger partial charge in [0, 0.05) is 23.6 Å². The van der Waals surface area contributed by atoms with E-state index in [0.717, 1.165) is 18.2 Å². The van der Waals surface area contributed by atoms with Crippen molar-refractivity contribution in [2.45, 2.75) is 25.9 Å². The molecule has 1 aliphatic heterocycles. The van der Waals surface area contributed by atoms with Crippen LogP contribution in [0.15, 0.2) is 42.6 Å². The summed E-state index contributed by atoms with van der Waals surface area (Å²) >= 11 is 0. The SMILES string of the molecule is NC(=O)c1cc(CF)c(CF)cc1Nc1cc(Nc2ccc3c(c2)CC(=O)N3)ncc1C(F)(F)F. The summed E-state index contributed by atoms with van der Waals surface area (Å²) in [6.45, 7) is -2.18. The minimum Gasteiger partial charge on any atom is -0.366 e. The summed E-state index contributed by atoms with van der Waals surface area (Å²) in [7, 11) is 0. The molecule has 1 aromatic heterocycles. The number of amides is 2. The van der Waals surface area contributed by atoms with Crippen LogP contribution in [-0.4, -0.2) is 16.8 Å². The van der Waals surface area contributed by atoms with Gasteiger partial charge in [0.1, 0.15) is 19.2 Å². The van der Waals surface area contributed by atoms with E-state index in [-0.39, 0.29) is 40.5 Å². The maximum absolute atomic E-state index is 13.7. The topological polar surface area (TPSA) is 109 Å². The fourth-order valence-electron chi connectivity index (χ4n) is 3.70. The molecule has 182 valence electrons. The molecule has 3 aromatic rings. The molecular formula is C23H18F5N5O2. The van der Waals surface area contributed by atoms with Crippen LogP contribution in [0.1, 0.15) is 32.6 Å². The number of nitrogens with zero attached hydrogens (tertiary/aromatic N) is 1. The number of hydrogen-bond donors (Lipinski definition) is 4. The van der Waals surface area contributed by atoms with Gasteiger partial charge in [0.25, 0.3) is 5.91 Å². The average molecular weight is 491 g/mol. The van der Waals surface area contributed by atoms with Crippen molar-refractivity contribution in [3.63, 3.8) is 0 Å². The Bertz CT molecular complexity index is 1330. The molecule has 2 aromatic carbocycles. The minimum atomic E-state index is -4.82. The van der Waals surface area contributed by atoms with Crippen LogP contribution in [0.2, 0.25) is 0 Å². The highest BCUT2D eigenvalue weighted by Crippen LogP contribution is 2.38. The molecule has 7 nitrogen and oxygen atoms in total. The van der Waals surface area contributed by atoms with Crippen molar-refractivity contribution in [2.75, 3.05) is 16.0 Å². The molecule has 0 unspecified atom stereocenters. The molecule has 0 aliphatic carbocycles. The lowest BCUT2D eigenvalue weighted by atomic mass is 10.0. The summed E-state index contributed by atoms with van der Waals surface area (Å²) in [5.41, 5.74) is 4.72. The molecule has 0 fully saturated rings. The van der Waals surface area contributed by atoms with Crippen molar-refractivity contribution < 1.29 is 31.5 Å². The van der Waals surface area contributed by atoms with Gasteiger partial charge in [-0.1, -0.05) is 0 Å². The van der Waals surface area contributed by atoms with E-state index in [1.54, 1.807) is 18.2 Å². The van der Waals surface area contributed by atoms with Crippen LogP contribution in [0.3, 0.4) is 0 Å². The van der Waals surface area contributed by atoms with Gasteiger partial charge in [-0.15, -0.1) is 0 Å². The largest absolute Gasteiger partial charge is 0.419 e. The Kier molecular flexibility index (Phi) is 6.29. The van der Waals surface area contributed by atoms with Gasteiger partial charge in [-0.25, -0.2) is 13.8 Å². The number of nitrogens with one attached hydrogen (secondary N) is 3. The normalized spacial score (nSPS) is 12.8. The highest BCUT2D eigenvalue weighted by atomic mass is 19.4. The third-order valence-electron chi connectivity index (χ3n) is 5.37. The molecule has 0 bridgehead atoms. The molecule has 0 spiro atoms. The zero-order valence-electron chi connectivity index (χ0n) is 17.9. The Morgan fingerprint density at radius 3 is 2.40 bits per heavy atom. The Labute approximate surface area is 195 Å². The van der Waals surface area contributed by atoms with Crippen LogP contribution in [-0.2, 0) is 30.7 Å². The molecule has 4 rings (SSSR count). The van der Waals surface area contributed by atoms with Gasteiger partial charge in [-0.3, -0.25) is 9.59 Å². The zero-order chi connectivity index (χ0) is 25.3. The highest BCUT2D eigenvalue weighted by molar-refractivity contribution is 6.00. The number of carbonyl (C=O) groups excluding carboxylic acids is 2. The van der Waals surface area contributed by atoms with Crippen molar-refractivity contribution in [3.8, 4) is 0 Å². The number of rotatable bonds is 7. The fourth-order valence-corrected chi connectivity index (χ4v) is 3.70. The number of hydrogen-bond acceptors (Lipinski definition) is 5. The summed E-state index contributed by atoms with van der Waals surface area (Å²) in [6.07, 6.45) is -4.05. The van der Waals surface area contributed by atoms with E-state index < -0.39 is 36.7 Å². The predicted octanol–water partition coefficient (Wildman–Crippen LogP) is 5.12. The molecule has 2 amide bonds. The summed E-state index contributed by atoms with van der Waals surface area (Å²) in [5, 5.41) is 8.03. The minimum absolute atomic E-state index is 0.0180. The quantitative estimate of drug-likeness (QED) is 0.343. The van der Waals surface area contributed by atoms with E-state index in [1.807, 2.05) is 0 Å². The van der Waals surface area contributed by atoms with Crippen molar-refractivity contribution in [1.82, 2.24) is 4.98 Å². The first-order chi connectivity index (χ1) is 16.6. The molecule has 12 heteroatoms. The number of alkyl halides is 5. The van der Waals surface area contributed by atoms with Gasteiger partial charge in [-0.05, 0) is 47.0 Å². The Hall–Kier alpha value is -4.22. The number of pyridine rings is 1. The first-order valence-electron chi connectivity index (χ1n) is 10.2. The molecule has 0 saturated heterocycles. The molecule has 5 N–H and O–H groups in total. The van der Waals surface area contributed by atoms with Crippen LogP contribution < -0.4 is 21.7 Å². The van der Waals surface area contributed by atoms with Gasteiger partial charge >= 0.3 is 6.18 Å². The lowest BCUT2D eigenvalue weighted by Crippen LogP contribution is -2.16. The molecule has 0 atom stereocenters. The monoisotopic (exact) mass is 491 g/mol. The average Bonchev–Trinajstić information content (AvgIpc) is 3.17. The molecule has 2 heterocycles. The van der Waals surface area contributed by atoms with Gasteiger partial charge < -0.3 is 21.7 Å². The number of primary amides is 1. The Morgan fingerprint density at radius 1 is 1.03 bits per heavy atom. The number of carbonyl (C=O) groups is 2. The number of halogens is 5. The van der Waals surface area contributed by atoms with E-state index >= 15 is 0 Å². The molecule has 35 heavy (non-hydrogen) atoms. The number of nitrogens with two attached hydrogens (primary N) is 1. The Balaban J connectivity index is 1.73. The second kappa shape index (κ2) is 9.20. The second-order valence-corrected chi connectivity index (χ2v) is 7.76. The molecule has 0 saturated carbocycles. The lowest BCUT2D eigenvalue weighted by Gasteiger charge is -2.18. The Morgan fingerprint density at radius 2 is 1.74 bits per heavy atom. The van der Waals surface area contributed by atoms with E-state index in [0.29, 0.717) is 23.1 Å². The van der Waals surface area contributed by atoms with Crippen molar-refractivity contribution in [3.05, 3.63) is 70.4 Å². The maximum Gasteiger partial charge on any atom is 0.419 e. The molecule has 1 aliphatic rings. The summed E-state index contributed by atoms with van der Waals surface area (Å²) in [5.74, 6) is -1.19.